The van der Waals surface area contributed by atoms with Gasteiger partial charge in [0.25, 0.3) is 0 Å². The molecule has 0 bridgehead atoms. The summed E-state index contributed by atoms with van der Waals surface area (Å²) in [7, 11) is 0. The molecular formula is C13H23ClFN3. The third-order valence-corrected chi connectivity index (χ3v) is 4.06. The predicted molar refractivity (Wildman–Crippen MR) is 73.7 cm³/mol. The molecule has 18 heavy (non-hydrogen) atoms. The third-order valence-electron chi connectivity index (χ3n) is 3.57. The summed E-state index contributed by atoms with van der Waals surface area (Å²) >= 11 is 6.21. The van der Waals surface area contributed by atoms with Gasteiger partial charge in [-0.2, -0.15) is 5.10 Å². The number of alkyl halides is 1. The summed E-state index contributed by atoms with van der Waals surface area (Å²) in [6.45, 7) is 10.0. The summed E-state index contributed by atoms with van der Waals surface area (Å²) in [6, 6.07) is 0. The van der Waals surface area contributed by atoms with Crippen molar-refractivity contribution in [2.45, 2.75) is 53.3 Å². The molecule has 1 atom stereocenters. The topological polar surface area (TPSA) is 43.8 Å². The van der Waals surface area contributed by atoms with Gasteiger partial charge in [-0.1, -0.05) is 32.4 Å². The van der Waals surface area contributed by atoms with Crippen molar-refractivity contribution in [3.63, 3.8) is 0 Å². The third kappa shape index (κ3) is 2.69. The van der Waals surface area contributed by atoms with Gasteiger partial charge in [-0.05, 0) is 19.3 Å². The van der Waals surface area contributed by atoms with Crippen molar-refractivity contribution in [2.24, 2.45) is 11.1 Å². The van der Waals surface area contributed by atoms with E-state index in [9.17, 15) is 4.39 Å². The maximum absolute atomic E-state index is 15.0. The second kappa shape index (κ2) is 5.17. The first-order valence-corrected chi connectivity index (χ1v) is 6.65. The normalized spacial score (nSPS) is 15.8. The van der Waals surface area contributed by atoms with Gasteiger partial charge in [0.2, 0.25) is 0 Å². The number of rotatable bonds is 4. The molecule has 104 valence electrons. The smallest absolute Gasteiger partial charge is 0.133 e. The quantitative estimate of drug-likeness (QED) is 0.917. The van der Waals surface area contributed by atoms with E-state index in [0.717, 1.165) is 11.4 Å². The van der Waals surface area contributed by atoms with E-state index in [1.807, 2.05) is 34.6 Å². The van der Waals surface area contributed by atoms with Crippen LogP contribution in [0.25, 0.3) is 0 Å². The Bertz CT molecular complexity index is 423. The molecule has 0 spiro atoms. The first-order valence-electron chi connectivity index (χ1n) is 6.27. The fourth-order valence-electron chi connectivity index (χ4n) is 1.95. The number of aryl methyl sites for hydroxylation is 2. The largest absolute Gasteiger partial charge is 0.327 e. The summed E-state index contributed by atoms with van der Waals surface area (Å²) < 4.78 is 16.8. The van der Waals surface area contributed by atoms with E-state index in [1.165, 1.54) is 0 Å². The van der Waals surface area contributed by atoms with Crippen LogP contribution in [0.5, 0.6) is 0 Å². The van der Waals surface area contributed by atoms with E-state index >= 15 is 0 Å². The second-order valence-corrected chi connectivity index (χ2v) is 6.14. The number of aromatic nitrogens is 2. The molecule has 0 fully saturated rings. The van der Waals surface area contributed by atoms with Crippen molar-refractivity contribution in [1.82, 2.24) is 9.78 Å². The molecule has 1 aromatic heterocycles. The molecule has 0 aliphatic rings. The summed E-state index contributed by atoms with van der Waals surface area (Å²) in [5.41, 5.74) is 5.09. The molecule has 0 amide bonds. The molecule has 0 aliphatic carbocycles. The van der Waals surface area contributed by atoms with Gasteiger partial charge < -0.3 is 5.73 Å². The van der Waals surface area contributed by atoms with Gasteiger partial charge in [-0.25, -0.2) is 4.39 Å². The van der Waals surface area contributed by atoms with Crippen molar-refractivity contribution >= 4 is 11.6 Å². The van der Waals surface area contributed by atoms with E-state index < -0.39 is 11.1 Å². The Labute approximate surface area is 113 Å². The van der Waals surface area contributed by atoms with Crippen molar-refractivity contribution in [2.75, 3.05) is 6.54 Å². The summed E-state index contributed by atoms with van der Waals surface area (Å²) in [4.78, 5) is 0. The molecule has 5 heteroatoms. The van der Waals surface area contributed by atoms with Crippen molar-refractivity contribution in [3.8, 4) is 0 Å². The fourth-order valence-corrected chi connectivity index (χ4v) is 2.15. The maximum Gasteiger partial charge on any atom is 0.133 e. The monoisotopic (exact) mass is 275 g/mol. The van der Waals surface area contributed by atoms with Crippen molar-refractivity contribution < 1.29 is 4.39 Å². The lowest BCUT2D eigenvalue weighted by Crippen LogP contribution is -2.47. The maximum atomic E-state index is 15.0. The number of halogens is 2. The molecule has 1 rings (SSSR count). The lowest BCUT2D eigenvalue weighted by molar-refractivity contribution is 0.0363. The highest BCUT2D eigenvalue weighted by atomic mass is 35.5. The number of hydrogen-bond donors (Lipinski definition) is 1. The molecule has 1 aromatic rings. The minimum Gasteiger partial charge on any atom is -0.327 e. The zero-order valence-corrected chi connectivity index (χ0v) is 12.6. The highest BCUT2D eigenvalue weighted by molar-refractivity contribution is 6.31. The van der Waals surface area contributed by atoms with Crippen LogP contribution in [0.15, 0.2) is 0 Å². The Hall–Kier alpha value is -0.610. The SMILES string of the molecule is CCn1nc(C)c(Cl)c1CC(F)(CN)C(C)(C)C. The average molecular weight is 276 g/mol. The Morgan fingerprint density at radius 1 is 1.39 bits per heavy atom. The van der Waals surface area contributed by atoms with Crippen LogP contribution in [0.1, 0.15) is 39.1 Å². The molecule has 1 unspecified atom stereocenters. The molecular weight excluding hydrogens is 253 g/mol. The molecule has 0 saturated heterocycles. The highest BCUT2D eigenvalue weighted by Gasteiger charge is 2.42. The molecule has 0 aliphatic heterocycles. The van der Waals surface area contributed by atoms with Crippen LogP contribution in [0.2, 0.25) is 5.02 Å². The Balaban J connectivity index is 3.17. The Morgan fingerprint density at radius 3 is 2.33 bits per heavy atom. The standard InChI is InChI=1S/C13H23ClFN3/c1-6-18-10(11(14)9(2)17-18)7-13(15,8-16)12(3,4)5/h6-8,16H2,1-5H3. The van der Waals surface area contributed by atoms with Crippen LogP contribution in [-0.2, 0) is 13.0 Å². The van der Waals surface area contributed by atoms with Gasteiger partial charge in [0, 0.05) is 19.5 Å². The van der Waals surface area contributed by atoms with E-state index in [0.29, 0.717) is 11.6 Å². The van der Waals surface area contributed by atoms with Gasteiger partial charge in [-0.3, -0.25) is 4.68 Å². The van der Waals surface area contributed by atoms with Crippen molar-refractivity contribution in [1.29, 1.82) is 0 Å². The van der Waals surface area contributed by atoms with Crippen LogP contribution in [0.4, 0.5) is 4.39 Å². The first kappa shape index (κ1) is 15.4. The first-order chi connectivity index (χ1) is 8.16. The van der Waals surface area contributed by atoms with Gasteiger partial charge >= 0.3 is 0 Å². The van der Waals surface area contributed by atoms with Crippen LogP contribution >= 0.6 is 11.6 Å². The average Bonchev–Trinajstić information content (AvgIpc) is 2.55. The Morgan fingerprint density at radius 2 is 1.94 bits per heavy atom. The van der Waals surface area contributed by atoms with E-state index in [-0.39, 0.29) is 13.0 Å². The zero-order chi connectivity index (χ0) is 14.1. The van der Waals surface area contributed by atoms with Gasteiger partial charge in [0.15, 0.2) is 0 Å². The van der Waals surface area contributed by atoms with Crippen molar-refractivity contribution in [3.05, 3.63) is 16.4 Å². The summed E-state index contributed by atoms with van der Waals surface area (Å²) in [5.74, 6) is 0. The summed E-state index contributed by atoms with van der Waals surface area (Å²) in [5, 5.41) is 4.86. The lowest BCUT2D eigenvalue weighted by atomic mass is 9.75. The number of nitrogens with two attached hydrogens (primary N) is 1. The van der Waals surface area contributed by atoms with E-state index in [2.05, 4.69) is 5.10 Å². The Kier molecular flexibility index (Phi) is 4.44. The van der Waals surface area contributed by atoms with Crippen LogP contribution in [0, 0.1) is 12.3 Å². The minimum absolute atomic E-state index is 0.0270. The fraction of sp³-hybridized carbons (Fsp3) is 0.769. The van der Waals surface area contributed by atoms with Gasteiger partial charge in [0.1, 0.15) is 5.67 Å². The van der Waals surface area contributed by atoms with E-state index in [1.54, 1.807) is 4.68 Å². The molecule has 2 N–H and O–H groups in total. The van der Waals surface area contributed by atoms with E-state index in [4.69, 9.17) is 17.3 Å². The van der Waals surface area contributed by atoms with Gasteiger partial charge in [-0.15, -0.1) is 0 Å². The molecule has 0 aromatic carbocycles. The molecule has 0 saturated carbocycles. The van der Waals surface area contributed by atoms with Gasteiger partial charge in [0.05, 0.1) is 16.4 Å². The second-order valence-electron chi connectivity index (χ2n) is 5.76. The zero-order valence-electron chi connectivity index (χ0n) is 11.8. The minimum atomic E-state index is -1.49. The molecule has 3 nitrogen and oxygen atoms in total. The van der Waals surface area contributed by atoms with Crippen LogP contribution in [0.3, 0.4) is 0 Å². The lowest BCUT2D eigenvalue weighted by Gasteiger charge is -2.37. The number of hydrogen-bond acceptors (Lipinski definition) is 2. The predicted octanol–water partition coefficient (Wildman–Crippen LogP) is 3.12. The molecule has 0 radical (unpaired) electrons. The highest BCUT2D eigenvalue weighted by Crippen LogP contribution is 2.38. The molecule has 1 heterocycles. The summed E-state index contributed by atoms with van der Waals surface area (Å²) in [6.07, 6.45) is 0.195. The van der Waals surface area contributed by atoms with Crippen LogP contribution in [-0.4, -0.2) is 22.0 Å². The number of nitrogens with zero attached hydrogens (tertiary/aromatic N) is 2. The van der Waals surface area contributed by atoms with Crippen LogP contribution < -0.4 is 5.73 Å².